The van der Waals surface area contributed by atoms with Gasteiger partial charge in [-0.25, -0.2) is 9.37 Å². The first kappa shape index (κ1) is 29.5. The molecule has 5 nitrogen and oxygen atoms in total. The first-order valence-corrected chi connectivity index (χ1v) is 13.0. The average molecular weight is 588 g/mol. The fourth-order valence-corrected chi connectivity index (χ4v) is 5.61. The van der Waals surface area contributed by atoms with Crippen LogP contribution in [-0.2, 0) is 23.7 Å². The maximum atomic E-state index is 13.9. The van der Waals surface area contributed by atoms with Crippen LogP contribution >= 0.6 is 11.3 Å². The summed E-state index contributed by atoms with van der Waals surface area (Å²) in [5.41, 5.74) is -2.10. The summed E-state index contributed by atoms with van der Waals surface area (Å²) < 4.78 is 93.8. The van der Waals surface area contributed by atoms with Crippen molar-refractivity contribution < 1.29 is 40.3 Å². The lowest BCUT2D eigenvalue weighted by atomic mass is 9.78. The number of thiazole rings is 1. The second-order valence-electron chi connectivity index (χ2n) is 9.70. The molecule has 2 heterocycles. The Kier molecular flexibility index (Phi) is 8.25. The van der Waals surface area contributed by atoms with E-state index >= 15 is 0 Å². The van der Waals surface area contributed by atoms with Gasteiger partial charge in [0, 0.05) is 50.1 Å². The highest BCUT2D eigenvalue weighted by molar-refractivity contribution is 7.11. The maximum Gasteiger partial charge on any atom is 0.416 e. The Hall–Kier alpha value is -3.48. The third-order valence-corrected chi connectivity index (χ3v) is 7.67. The van der Waals surface area contributed by atoms with Crippen molar-refractivity contribution in [2.75, 3.05) is 20.1 Å². The Balaban J connectivity index is 1.63. The number of halogens is 7. The standard InChI is InChI=1S/C27H24F7N3O2S/c1-15-9-19(28)3-4-20(15)22-14-37(25(39)23-35-6-8-40-23)7-5-21(22)24(38)36(2)13-16-10-17(26(29,30)31)12-18(11-16)27(32,33)34/h3-4,6,8-12,21-22H,5,7,13-14H2,1-2H3/t21-,22?/m1/s1. The Morgan fingerprint density at radius 3 is 2.25 bits per heavy atom. The van der Waals surface area contributed by atoms with E-state index in [0.717, 1.165) is 16.2 Å². The predicted octanol–water partition coefficient (Wildman–Crippen LogP) is 6.53. The Morgan fingerprint density at radius 2 is 1.70 bits per heavy atom. The molecule has 1 aliphatic heterocycles. The molecule has 1 aromatic heterocycles. The number of aromatic nitrogens is 1. The topological polar surface area (TPSA) is 53.5 Å². The number of hydrogen-bond acceptors (Lipinski definition) is 4. The summed E-state index contributed by atoms with van der Waals surface area (Å²) in [6.07, 6.45) is -8.36. The number of carbonyl (C=O) groups is 2. The first-order valence-electron chi connectivity index (χ1n) is 12.1. The highest BCUT2D eigenvalue weighted by Crippen LogP contribution is 2.38. The molecular formula is C27H24F7N3O2S. The van der Waals surface area contributed by atoms with Gasteiger partial charge in [0.05, 0.1) is 11.1 Å². The van der Waals surface area contributed by atoms with Crippen LogP contribution < -0.4 is 0 Å². The van der Waals surface area contributed by atoms with Crippen LogP contribution in [0.25, 0.3) is 0 Å². The number of amides is 2. The molecule has 0 radical (unpaired) electrons. The lowest BCUT2D eigenvalue weighted by Crippen LogP contribution is -2.47. The van der Waals surface area contributed by atoms with Gasteiger partial charge in [-0.3, -0.25) is 9.59 Å². The maximum absolute atomic E-state index is 13.9. The molecule has 13 heteroatoms. The van der Waals surface area contributed by atoms with Crippen LogP contribution in [0.3, 0.4) is 0 Å². The van der Waals surface area contributed by atoms with Gasteiger partial charge in [-0.1, -0.05) is 6.07 Å². The zero-order valence-electron chi connectivity index (χ0n) is 21.3. The highest BCUT2D eigenvalue weighted by atomic mass is 32.1. The second kappa shape index (κ2) is 11.2. The van der Waals surface area contributed by atoms with Crippen molar-refractivity contribution in [1.82, 2.24) is 14.8 Å². The van der Waals surface area contributed by atoms with E-state index in [4.69, 9.17) is 0 Å². The van der Waals surface area contributed by atoms with Crippen LogP contribution in [-0.4, -0.2) is 46.7 Å². The molecule has 214 valence electrons. The van der Waals surface area contributed by atoms with E-state index in [1.165, 1.54) is 31.4 Å². The van der Waals surface area contributed by atoms with Crippen molar-refractivity contribution in [3.05, 3.63) is 86.6 Å². The number of rotatable bonds is 5. The molecule has 0 saturated carbocycles. The lowest BCUT2D eigenvalue weighted by Gasteiger charge is -2.40. The fourth-order valence-electron chi connectivity index (χ4n) is 5.01. The van der Waals surface area contributed by atoms with E-state index in [-0.39, 0.29) is 42.1 Å². The molecule has 1 saturated heterocycles. The van der Waals surface area contributed by atoms with Crippen LogP contribution in [0.5, 0.6) is 0 Å². The molecular weight excluding hydrogens is 563 g/mol. The minimum Gasteiger partial charge on any atom is -0.341 e. The van der Waals surface area contributed by atoms with Crippen LogP contribution in [0.2, 0.25) is 0 Å². The molecule has 3 aromatic rings. The van der Waals surface area contributed by atoms with E-state index in [1.54, 1.807) is 17.2 Å². The normalized spacial score (nSPS) is 18.1. The number of alkyl halides is 6. The minimum atomic E-state index is -5.01. The van der Waals surface area contributed by atoms with Gasteiger partial charge in [-0.05, 0) is 60.4 Å². The van der Waals surface area contributed by atoms with Gasteiger partial charge in [-0.15, -0.1) is 11.3 Å². The lowest BCUT2D eigenvalue weighted by molar-refractivity contribution is -0.143. The molecule has 1 fully saturated rings. The highest BCUT2D eigenvalue weighted by Gasteiger charge is 2.40. The van der Waals surface area contributed by atoms with Gasteiger partial charge >= 0.3 is 12.4 Å². The van der Waals surface area contributed by atoms with Crippen LogP contribution in [0.15, 0.2) is 48.0 Å². The second-order valence-corrected chi connectivity index (χ2v) is 10.6. The summed E-state index contributed by atoms with van der Waals surface area (Å²) in [6.45, 7) is 1.43. The first-order chi connectivity index (χ1) is 18.6. The summed E-state index contributed by atoms with van der Waals surface area (Å²) >= 11 is 1.16. The summed E-state index contributed by atoms with van der Waals surface area (Å²) in [5, 5.41) is 1.92. The third-order valence-electron chi connectivity index (χ3n) is 6.91. The molecule has 0 bridgehead atoms. The van der Waals surface area contributed by atoms with Crippen molar-refractivity contribution in [1.29, 1.82) is 0 Å². The zero-order chi connectivity index (χ0) is 29.4. The number of piperidine rings is 1. The molecule has 0 aliphatic carbocycles. The largest absolute Gasteiger partial charge is 0.416 e. The van der Waals surface area contributed by atoms with E-state index in [1.807, 2.05) is 0 Å². The molecule has 2 aromatic carbocycles. The van der Waals surface area contributed by atoms with Crippen molar-refractivity contribution in [2.45, 2.75) is 38.2 Å². The summed E-state index contributed by atoms with van der Waals surface area (Å²) in [5.74, 6) is -2.69. The molecule has 4 rings (SSSR count). The number of benzene rings is 2. The van der Waals surface area contributed by atoms with E-state index < -0.39 is 53.6 Å². The Morgan fingerprint density at radius 1 is 1.05 bits per heavy atom. The molecule has 2 atom stereocenters. The van der Waals surface area contributed by atoms with Gasteiger partial charge < -0.3 is 9.80 Å². The number of aryl methyl sites for hydroxylation is 1. The monoisotopic (exact) mass is 587 g/mol. The number of nitrogens with zero attached hydrogens (tertiary/aromatic N) is 3. The third kappa shape index (κ3) is 6.45. The van der Waals surface area contributed by atoms with Crippen molar-refractivity contribution in [2.24, 2.45) is 5.92 Å². The molecule has 2 amide bonds. The predicted molar refractivity (Wildman–Crippen MR) is 133 cm³/mol. The average Bonchev–Trinajstić information content (AvgIpc) is 3.41. The molecule has 40 heavy (non-hydrogen) atoms. The fraction of sp³-hybridized carbons (Fsp3) is 0.370. The summed E-state index contributed by atoms with van der Waals surface area (Å²) in [6, 6.07) is 5.27. The van der Waals surface area contributed by atoms with E-state index in [9.17, 15) is 40.3 Å². The number of carbonyl (C=O) groups excluding carboxylic acids is 2. The van der Waals surface area contributed by atoms with Crippen LogP contribution in [0.4, 0.5) is 30.7 Å². The van der Waals surface area contributed by atoms with Gasteiger partial charge in [0.1, 0.15) is 5.82 Å². The smallest absolute Gasteiger partial charge is 0.341 e. The van der Waals surface area contributed by atoms with Gasteiger partial charge in [0.2, 0.25) is 5.91 Å². The summed E-state index contributed by atoms with van der Waals surface area (Å²) in [7, 11) is 1.30. The van der Waals surface area contributed by atoms with Gasteiger partial charge in [0.15, 0.2) is 5.01 Å². The van der Waals surface area contributed by atoms with Crippen LogP contribution in [0.1, 0.15) is 50.0 Å². The van der Waals surface area contributed by atoms with Crippen molar-refractivity contribution >= 4 is 23.2 Å². The molecule has 0 spiro atoms. The van der Waals surface area contributed by atoms with Gasteiger partial charge in [0.25, 0.3) is 5.91 Å². The van der Waals surface area contributed by atoms with Gasteiger partial charge in [-0.2, -0.15) is 26.3 Å². The Bertz CT molecular complexity index is 1360. The van der Waals surface area contributed by atoms with Crippen LogP contribution in [0, 0.1) is 18.7 Å². The number of likely N-dealkylation sites (tertiary alicyclic amines) is 1. The Labute approximate surface area is 229 Å². The molecule has 1 unspecified atom stereocenters. The SMILES string of the molecule is Cc1cc(F)ccc1C1CN(C(=O)c2nccs2)CC[C@H]1C(=O)N(C)Cc1cc(C(F)(F)F)cc(C(F)(F)F)c1. The molecule has 1 aliphatic rings. The van der Waals surface area contributed by atoms with Crippen molar-refractivity contribution in [3.8, 4) is 0 Å². The van der Waals surface area contributed by atoms with E-state index in [2.05, 4.69) is 4.98 Å². The quantitative estimate of drug-likeness (QED) is 0.319. The molecule has 0 N–H and O–H groups in total. The minimum absolute atomic E-state index is 0.0356. The zero-order valence-corrected chi connectivity index (χ0v) is 22.1. The summed E-state index contributed by atoms with van der Waals surface area (Å²) in [4.78, 5) is 33.3. The van der Waals surface area contributed by atoms with Crippen molar-refractivity contribution in [3.63, 3.8) is 0 Å². The number of hydrogen-bond donors (Lipinski definition) is 0. The van der Waals surface area contributed by atoms with E-state index in [0.29, 0.717) is 23.3 Å².